The van der Waals surface area contributed by atoms with Gasteiger partial charge in [-0.2, -0.15) is 0 Å². The van der Waals surface area contributed by atoms with Gasteiger partial charge in [-0.05, 0) is 31.0 Å². The average Bonchev–Trinajstić information content (AvgIpc) is 2.33. The molecule has 0 amide bonds. The number of rotatable bonds is 6. The van der Waals surface area contributed by atoms with Gasteiger partial charge < -0.3 is 15.6 Å². The number of aliphatic hydroxyl groups excluding tert-OH is 1. The lowest BCUT2D eigenvalue weighted by molar-refractivity contribution is 0.134. The molecule has 0 spiro atoms. The monoisotopic (exact) mass is 275 g/mol. The lowest BCUT2D eigenvalue weighted by atomic mass is 9.99. The molecule has 102 valence electrons. The van der Waals surface area contributed by atoms with Crippen LogP contribution in [-0.2, 0) is 0 Å². The van der Waals surface area contributed by atoms with Crippen LogP contribution < -0.4 is 10.5 Å². The minimum Gasteiger partial charge on any atom is -0.489 e. The Morgan fingerprint density at radius 2 is 2.11 bits per heavy atom. The lowest BCUT2D eigenvalue weighted by Gasteiger charge is -2.19. The van der Waals surface area contributed by atoms with E-state index in [9.17, 15) is 9.50 Å². The number of nitrogens with two attached hydrogens (primary N) is 1. The highest BCUT2D eigenvalue weighted by molar-refractivity contribution is 6.32. The first-order chi connectivity index (χ1) is 8.51. The third-order valence-electron chi connectivity index (χ3n) is 2.69. The van der Waals surface area contributed by atoms with Crippen LogP contribution in [0.15, 0.2) is 12.1 Å². The maximum absolute atomic E-state index is 13.8. The summed E-state index contributed by atoms with van der Waals surface area (Å²) < 4.78 is 18.9. The molecular weight excluding hydrogens is 257 g/mol. The number of benzene rings is 1. The standard InChI is InChI=1S/C13H19ClFNO2/c1-3-5-11(17)12(16)8-6-9(14)13(18-4-2)10(15)7-8/h6-7,11-12,17H,3-5,16H2,1-2H3/t11-,12+/m1/s1. The molecule has 0 aliphatic carbocycles. The summed E-state index contributed by atoms with van der Waals surface area (Å²) in [5.41, 5.74) is 6.34. The maximum Gasteiger partial charge on any atom is 0.173 e. The van der Waals surface area contributed by atoms with Crippen molar-refractivity contribution in [3.05, 3.63) is 28.5 Å². The topological polar surface area (TPSA) is 55.5 Å². The van der Waals surface area contributed by atoms with Gasteiger partial charge in [0.2, 0.25) is 0 Å². The van der Waals surface area contributed by atoms with Crippen LogP contribution in [0.4, 0.5) is 4.39 Å². The molecule has 0 fully saturated rings. The second-order valence-electron chi connectivity index (χ2n) is 4.13. The number of halogens is 2. The van der Waals surface area contributed by atoms with Crippen molar-refractivity contribution < 1.29 is 14.2 Å². The molecule has 0 aliphatic heterocycles. The summed E-state index contributed by atoms with van der Waals surface area (Å²) in [6.45, 7) is 4.03. The molecule has 1 rings (SSSR count). The van der Waals surface area contributed by atoms with E-state index in [1.165, 1.54) is 6.07 Å². The molecule has 1 aromatic rings. The Balaban J connectivity index is 2.98. The fraction of sp³-hybridized carbons (Fsp3) is 0.538. The Labute approximate surface area is 112 Å². The van der Waals surface area contributed by atoms with Crippen LogP contribution in [0.2, 0.25) is 5.02 Å². The Bertz CT molecular complexity index is 378. The van der Waals surface area contributed by atoms with Crippen LogP contribution in [0.3, 0.4) is 0 Å². The molecule has 3 N–H and O–H groups in total. The van der Waals surface area contributed by atoms with Gasteiger partial charge in [-0.15, -0.1) is 0 Å². The smallest absolute Gasteiger partial charge is 0.173 e. The zero-order valence-electron chi connectivity index (χ0n) is 10.6. The van der Waals surface area contributed by atoms with E-state index in [4.69, 9.17) is 22.1 Å². The van der Waals surface area contributed by atoms with Crippen molar-refractivity contribution in [1.29, 1.82) is 0 Å². The fourth-order valence-corrected chi connectivity index (χ4v) is 2.02. The first-order valence-corrected chi connectivity index (χ1v) is 6.44. The second kappa shape index (κ2) is 6.92. The Kier molecular flexibility index (Phi) is 5.85. The minimum atomic E-state index is -0.705. The molecule has 2 atom stereocenters. The molecule has 18 heavy (non-hydrogen) atoms. The number of hydrogen-bond acceptors (Lipinski definition) is 3. The van der Waals surface area contributed by atoms with E-state index in [2.05, 4.69) is 0 Å². The van der Waals surface area contributed by atoms with E-state index >= 15 is 0 Å². The quantitative estimate of drug-likeness (QED) is 0.839. The summed E-state index contributed by atoms with van der Waals surface area (Å²) in [6, 6.07) is 2.16. The molecule has 1 aromatic carbocycles. The van der Waals surface area contributed by atoms with Crippen molar-refractivity contribution in [2.24, 2.45) is 5.73 Å². The van der Waals surface area contributed by atoms with Crippen molar-refractivity contribution in [3.63, 3.8) is 0 Å². The third-order valence-corrected chi connectivity index (χ3v) is 2.97. The highest BCUT2D eigenvalue weighted by Gasteiger charge is 2.19. The molecule has 0 aromatic heterocycles. The van der Waals surface area contributed by atoms with E-state index in [1.54, 1.807) is 13.0 Å². The van der Waals surface area contributed by atoms with Crippen LogP contribution in [0.1, 0.15) is 38.3 Å². The van der Waals surface area contributed by atoms with E-state index in [1.807, 2.05) is 6.92 Å². The van der Waals surface area contributed by atoms with Gasteiger partial charge in [0.05, 0.1) is 23.8 Å². The normalized spacial score (nSPS) is 14.3. The van der Waals surface area contributed by atoms with Crippen molar-refractivity contribution in [2.45, 2.75) is 38.8 Å². The Hall–Kier alpha value is -0.840. The van der Waals surface area contributed by atoms with E-state index < -0.39 is 18.0 Å². The molecule has 0 unspecified atom stereocenters. The van der Waals surface area contributed by atoms with Gasteiger partial charge in [-0.3, -0.25) is 0 Å². The van der Waals surface area contributed by atoms with Gasteiger partial charge in [0.15, 0.2) is 11.6 Å². The van der Waals surface area contributed by atoms with E-state index in [0.29, 0.717) is 18.6 Å². The van der Waals surface area contributed by atoms with Gasteiger partial charge in [-0.25, -0.2) is 4.39 Å². The summed E-state index contributed by atoms with van der Waals surface area (Å²) >= 11 is 5.94. The summed E-state index contributed by atoms with van der Waals surface area (Å²) in [5, 5.41) is 9.98. The zero-order chi connectivity index (χ0) is 13.7. The number of ether oxygens (including phenoxy) is 1. The summed E-state index contributed by atoms with van der Waals surface area (Å²) in [4.78, 5) is 0. The minimum absolute atomic E-state index is 0.0279. The van der Waals surface area contributed by atoms with Crippen LogP contribution in [0, 0.1) is 5.82 Å². The molecule has 0 bridgehead atoms. The second-order valence-corrected chi connectivity index (χ2v) is 4.54. The van der Waals surface area contributed by atoms with Gasteiger partial charge in [0.1, 0.15) is 0 Å². The van der Waals surface area contributed by atoms with Crippen LogP contribution in [0.5, 0.6) is 5.75 Å². The predicted octanol–water partition coefficient (Wildman–Crippen LogP) is 3.04. The van der Waals surface area contributed by atoms with Crippen molar-refractivity contribution in [1.82, 2.24) is 0 Å². The van der Waals surface area contributed by atoms with E-state index in [-0.39, 0.29) is 10.8 Å². The molecular formula is C13H19ClFNO2. The summed E-state index contributed by atoms with van der Waals surface area (Å²) in [7, 11) is 0. The van der Waals surface area contributed by atoms with Crippen LogP contribution >= 0.6 is 11.6 Å². The first-order valence-electron chi connectivity index (χ1n) is 6.06. The Morgan fingerprint density at radius 3 is 2.61 bits per heavy atom. The van der Waals surface area contributed by atoms with E-state index in [0.717, 1.165) is 6.42 Å². The largest absolute Gasteiger partial charge is 0.489 e. The summed E-state index contributed by atoms with van der Waals surface area (Å²) in [6.07, 6.45) is 0.666. The van der Waals surface area contributed by atoms with Gasteiger partial charge >= 0.3 is 0 Å². The lowest BCUT2D eigenvalue weighted by Crippen LogP contribution is -2.26. The molecule has 0 aliphatic rings. The first kappa shape index (κ1) is 15.2. The Morgan fingerprint density at radius 1 is 1.44 bits per heavy atom. The van der Waals surface area contributed by atoms with Gasteiger partial charge in [-0.1, -0.05) is 24.9 Å². The molecule has 0 heterocycles. The van der Waals surface area contributed by atoms with Crippen LogP contribution in [-0.4, -0.2) is 17.8 Å². The maximum atomic E-state index is 13.8. The molecule has 0 radical (unpaired) electrons. The zero-order valence-corrected chi connectivity index (χ0v) is 11.4. The fourth-order valence-electron chi connectivity index (χ4n) is 1.75. The third kappa shape index (κ3) is 3.57. The van der Waals surface area contributed by atoms with Crippen molar-refractivity contribution in [3.8, 4) is 5.75 Å². The molecule has 3 nitrogen and oxygen atoms in total. The van der Waals surface area contributed by atoms with Crippen LogP contribution in [0.25, 0.3) is 0 Å². The highest BCUT2D eigenvalue weighted by atomic mass is 35.5. The molecule has 0 saturated heterocycles. The SMILES string of the molecule is CCC[C@@H](O)[C@@H](N)c1cc(F)c(OCC)c(Cl)c1. The van der Waals surface area contributed by atoms with Crippen molar-refractivity contribution >= 4 is 11.6 Å². The molecule has 0 saturated carbocycles. The van der Waals surface area contributed by atoms with Crippen molar-refractivity contribution in [2.75, 3.05) is 6.61 Å². The number of aliphatic hydroxyl groups is 1. The molecule has 5 heteroatoms. The summed E-state index contributed by atoms with van der Waals surface area (Å²) in [5.74, 6) is -0.529. The van der Waals surface area contributed by atoms with Gasteiger partial charge in [0.25, 0.3) is 0 Å². The highest BCUT2D eigenvalue weighted by Crippen LogP contribution is 2.32. The average molecular weight is 276 g/mol. The number of hydrogen-bond donors (Lipinski definition) is 2. The van der Waals surface area contributed by atoms with Gasteiger partial charge in [0, 0.05) is 0 Å². The predicted molar refractivity (Wildman–Crippen MR) is 70.4 cm³/mol.